The molecule has 27 heavy (non-hydrogen) atoms. The summed E-state index contributed by atoms with van der Waals surface area (Å²) in [6.07, 6.45) is 5.68. The highest BCUT2D eigenvalue weighted by molar-refractivity contribution is 7.13. The molecule has 1 aromatic carbocycles. The van der Waals surface area contributed by atoms with Crippen LogP contribution in [0.1, 0.15) is 52.5 Å². The lowest BCUT2D eigenvalue weighted by molar-refractivity contribution is -0.127. The van der Waals surface area contributed by atoms with Gasteiger partial charge in [-0.25, -0.2) is 0 Å². The second kappa shape index (κ2) is 9.57. The topological polar surface area (TPSA) is 93.2 Å². The Morgan fingerprint density at radius 2 is 1.89 bits per heavy atom. The van der Waals surface area contributed by atoms with E-state index >= 15 is 0 Å². The van der Waals surface area contributed by atoms with Gasteiger partial charge in [0, 0.05) is 11.7 Å². The summed E-state index contributed by atoms with van der Waals surface area (Å²) in [6.45, 7) is 2.13. The summed E-state index contributed by atoms with van der Waals surface area (Å²) in [5.41, 5.74) is 1.83. The van der Waals surface area contributed by atoms with E-state index in [9.17, 15) is 9.59 Å². The number of aromatic nitrogens is 2. The van der Waals surface area contributed by atoms with Crippen LogP contribution in [0.2, 0.25) is 0 Å². The molecule has 0 saturated heterocycles. The second-order valence-electron chi connectivity index (χ2n) is 6.72. The molecular weight excluding hydrogens is 364 g/mol. The Balaban J connectivity index is 1.41. The van der Waals surface area contributed by atoms with E-state index in [4.69, 9.17) is 4.74 Å². The Morgan fingerprint density at radius 1 is 1.15 bits per heavy atom. The van der Waals surface area contributed by atoms with Gasteiger partial charge in [-0.1, -0.05) is 48.3 Å². The molecule has 0 radical (unpaired) electrons. The van der Waals surface area contributed by atoms with Crippen molar-refractivity contribution in [3.63, 3.8) is 0 Å². The van der Waals surface area contributed by atoms with Crippen molar-refractivity contribution in [2.75, 3.05) is 11.9 Å². The van der Waals surface area contributed by atoms with Crippen LogP contribution in [0, 0.1) is 6.92 Å². The van der Waals surface area contributed by atoms with Gasteiger partial charge in [0.05, 0.1) is 0 Å². The van der Waals surface area contributed by atoms with E-state index in [0.29, 0.717) is 10.7 Å². The fraction of sp³-hybridized carbons (Fsp3) is 0.474. The largest absolute Gasteiger partial charge is 0.364 e. The van der Waals surface area contributed by atoms with Crippen LogP contribution in [-0.2, 0) is 16.1 Å². The third kappa shape index (κ3) is 6.11. The van der Waals surface area contributed by atoms with Gasteiger partial charge >= 0.3 is 0 Å². The van der Waals surface area contributed by atoms with Crippen molar-refractivity contribution in [1.29, 1.82) is 0 Å². The molecule has 2 aromatic rings. The molecule has 2 N–H and O–H groups in total. The zero-order chi connectivity index (χ0) is 19.1. The quantitative estimate of drug-likeness (QED) is 0.760. The zero-order valence-corrected chi connectivity index (χ0v) is 16.2. The van der Waals surface area contributed by atoms with Gasteiger partial charge in [0.25, 0.3) is 5.91 Å². The summed E-state index contributed by atoms with van der Waals surface area (Å²) in [7, 11) is 0. The van der Waals surface area contributed by atoms with Crippen molar-refractivity contribution >= 4 is 28.8 Å². The number of aryl methyl sites for hydroxylation is 1. The first-order chi connectivity index (χ1) is 13.1. The van der Waals surface area contributed by atoms with E-state index in [0.717, 1.165) is 29.7 Å². The maximum Gasteiger partial charge on any atom is 0.286 e. The average molecular weight is 388 g/mol. The number of hydrogen-bond acceptors (Lipinski definition) is 6. The maximum absolute atomic E-state index is 12.2. The molecule has 1 saturated carbocycles. The number of hydrogen-bond donors (Lipinski definition) is 2. The Hall–Kier alpha value is -2.32. The number of amides is 2. The predicted molar refractivity (Wildman–Crippen MR) is 104 cm³/mol. The van der Waals surface area contributed by atoms with Gasteiger partial charge in [-0.3, -0.25) is 9.59 Å². The summed E-state index contributed by atoms with van der Waals surface area (Å²) < 4.78 is 5.41. The van der Waals surface area contributed by atoms with Crippen LogP contribution in [0.25, 0.3) is 0 Å². The van der Waals surface area contributed by atoms with Crippen molar-refractivity contribution in [3.8, 4) is 0 Å². The molecule has 1 aliphatic rings. The van der Waals surface area contributed by atoms with E-state index in [-0.39, 0.29) is 36.1 Å². The maximum atomic E-state index is 12.2. The lowest BCUT2D eigenvalue weighted by atomic mass is 9.95. The minimum Gasteiger partial charge on any atom is -0.364 e. The first-order valence-electron chi connectivity index (χ1n) is 9.17. The number of carbonyl (C=O) groups excluding carboxylic acids is 2. The van der Waals surface area contributed by atoms with Gasteiger partial charge in [-0.05, 0) is 31.9 Å². The van der Waals surface area contributed by atoms with E-state index in [2.05, 4.69) is 20.8 Å². The van der Waals surface area contributed by atoms with Gasteiger partial charge in [0.15, 0.2) is 0 Å². The number of ether oxygens (including phenoxy) is 1. The lowest BCUT2D eigenvalue weighted by Gasteiger charge is -2.22. The minimum absolute atomic E-state index is 0.0129. The molecule has 0 aliphatic heterocycles. The monoisotopic (exact) mass is 388 g/mol. The fourth-order valence-electron chi connectivity index (χ4n) is 2.97. The van der Waals surface area contributed by atoms with E-state index in [1.54, 1.807) is 0 Å². The van der Waals surface area contributed by atoms with Gasteiger partial charge in [-0.2, -0.15) is 0 Å². The molecule has 1 fully saturated rings. The average Bonchev–Trinajstić information content (AvgIpc) is 3.13. The van der Waals surface area contributed by atoms with Crippen LogP contribution in [0.4, 0.5) is 5.69 Å². The van der Waals surface area contributed by atoms with Crippen molar-refractivity contribution in [2.45, 2.75) is 51.7 Å². The number of benzene rings is 1. The first-order valence-corrected chi connectivity index (χ1v) is 9.99. The summed E-state index contributed by atoms with van der Waals surface area (Å²) in [4.78, 5) is 24.1. The normalized spacial score (nSPS) is 14.7. The molecule has 1 heterocycles. The summed E-state index contributed by atoms with van der Waals surface area (Å²) in [5, 5.41) is 14.5. The number of carbonyl (C=O) groups is 2. The molecule has 3 rings (SSSR count). The van der Waals surface area contributed by atoms with Gasteiger partial charge in [0.1, 0.15) is 18.2 Å². The molecule has 0 bridgehead atoms. The van der Waals surface area contributed by atoms with Crippen LogP contribution in [0.15, 0.2) is 24.3 Å². The smallest absolute Gasteiger partial charge is 0.286 e. The molecule has 1 aromatic heterocycles. The van der Waals surface area contributed by atoms with Crippen LogP contribution in [0.3, 0.4) is 0 Å². The zero-order valence-electron chi connectivity index (χ0n) is 15.4. The molecule has 1 aliphatic carbocycles. The van der Waals surface area contributed by atoms with E-state index < -0.39 is 0 Å². The fourth-order valence-corrected chi connectivity index (χ4v) is 3.64. The second-order valence-corrected chi connectivity index (χ2v) is 7.78. The van der Waals surface area contributed by atoms with Crippen LogP contribution >= 0.6 is 11.3 Å². The van der Waals surface area contributed by atoms with Gasteiger partial charge < -0.3 is 15.4 Å². The third-order valence-electron chi connectivity index (χ3n) is 4.40. The van der Waals surface area contributed by atoms with Crippen molar-refractivity contribution < 1.29 is 14.3 Å². The number of nitrogens with one attached hydrogen (secondary N) is 2. The summed E-state index contributed by atoms with van der Waals surface area (Å²) in [5.74, 6) is -0.415. The Labute approximate surface area is 162 Å². The summed E-state index contributed by atoms with van der Waals surface area (Å²) >= 11 is 1.16. The molecule has 2 amide bonds. The highest BCUT2D eigenvalue weighted by atomic mass is 32.1. The Bertz CT molecular complexity index is 770. The van der Waals surface area contributed by atoms with Crippen LogP contribution in [0.5, 0.6) is 0 Å². The Kier molecular flexibility index (Phi) is 6.89. The predicted octanol–water partition coefficient (Wildman–Crippen LogP) is 3.06. The molecule has 144 valence electrons. The van der Waals surface area contributed by atoms with Crippen molar-refractivity contribution in [3.05, 3.63) is 39.8 Å². The first kappa shape index (κ1) is 19.4. The number of rotatable bonds is 7. The third-order valence-corrected chi connectivity index (χ3v) is 5.30. The summed E-state index contributed by atoms with van der Waals surface area (Å²) in [6, 6.07) is 7.79. The molecular formula is C19H24N4O3S. The minimum atomic E-state index is -0.308. The standard InChI is InChI=1S/C19H24N4O3S/c1-13-7-9-15(10-8-13)21-18(25)19-23-22-17(27-19)12-26-11-16(24)20-14-5-3-2-4-6-14/h7-10,14H,2-6,11-12H2,1H3,(H,20,24)(H,21,25). The highest BCUT2D eigenvalue weighted by Gasteiger charge is 2.16. The highest BCUT2D eigenvalue weighted by Crippen LogP contribution is 2.17. The molecule has 0 atom stereocenters. The number of anilines is 1. The van der Waals surface area contributed by atoms with Crippen LogP contribution in [-0.4, -0.2) is 34.7 Å². The lowest BCUT2D eigenvalue weighted by Crippen LogP contribution is -2.38. The molecule has 7 nitrogen and oxygen atoms in total. The Morgan fingerprint density at radius 3 is 2.63 bits per heavy atom. The van der Waals surface area contributed by atoms with Gasteiger partial charge in [0.2, 0.25) is 10.9 Å². The molecule has 8 heteroatoms. The number of nitrogens with zero attached hydrogens (tertiary/aromatic N) is 2. The van der Waals surface area contributed by atoms with E-state index in [1.165, 1.54) is 19.3 Å². The van der Waals surface area contributed by atoms with Crippen LogP contribution < -0.4 is 10.6 Å². The van der Waals surface area contributed by atoms with E-state index in [1.807, 2.05) is 31.2 Å². The van der Waals surface area contributed by atoms with Gasteiger partial charge in [-0.15, -0.1) is 10.2 Å². The van der Waals surface area contributed by atoms with Crippen molar-refractivity contribution in [1.82, 2.24) is 15.5 Å². The molecule has 0 unspecified atom stereocenters. The van der Waals surface area contributed by atoms with Crippen molar-refractivity contribution in [2.24, 2.45) is 0 Å². The molecule has 0 spiro atoms. The SMILES string of the molecule is Cc1ccc(NC(=O)c2nnc(COCC(=O)NC3CCCCC3)s2)cc1.